The number of hydrogen-bond donors (Lipinski definition) is 1. The lowest BCUT2D eigenvalue weighted by Gasteiger charge is -2.13. The van der Waals surface area contributed by atoms with Crippen LogP contribution in [0.25, 0.3) is 0 Å². The van der Waals surface area contributed by atoms with Crippen LogP contribution in [-0.2, 0) is 0 Å². The zero-order valence-corrected chi connectivity index (χ0v) is 12.7. The number of nitrogens with one attached hydrogen (secondary N) is 1. The molecule has 0 bridgehead atoms. The van der Waals surface area contributed by atoms with Crippen LogP contribution in [0, 0.1) is 5.82 Å². The van der Waals surface area contributed by atoms with E-state index in [1.54, 1.807) is 12.1 Å². The van der Waals surface area contributed by atoms with Crippen LogP contribution in [0.4, 0.5) is 10.1 Å². The van der Waals surface area contributed by atoms with Gasteiger partial charge < -0.3 is 5.32 Å². The molecule has 0 aliphatic carbocycles. The third-order valence-corrected chi connectivity index (χ3v) is 3.81. The van der Waals surface area contributed by atoms with Gasteiger partial charge in [-0.25, -0.2) is 4.39 Å². The highest BCUT2D eigenvalue weighted by Crippen LogP contribution is 2.27. The van der Waals surface area contributed by atoms with Crippen molar-refractivity contribution >= 4 is 28.9 Å². The van der Waals surface area contributed by atoms with E-state index in [1.807, 2.05) is 18.2 Å². The van der Waals surface area contributed by atoms with Crippen molar-refractivity contribution < 1.29 is 4.39 Å². The van der Waals surface area contributed by atoms with Crippen LogP contribution in [0.3, 0.4) is 0 Å². The highest BCUT2D eigenvalue weighted by molar-refractivity contribution is 6.35. The Morgan fingerprint density at radius 1 is 1.10 bits per heavy atom. The molecule has 0 saturated carbocycles. The van der Waals surface area contributed by atoms with Crippen molar-refractivity contribution in [2.24, 2.45) is 0 Å². The maximum absolute atomic E-state index is 13.3. The summed E-state index contributed by atoms with van der Waals surface area (Å²) in [5, 5.41) is 3.29. The summed E-state index contributed by atoms with van der Waals surface area (Å²) in [7, 11) is 0. The van der Waals surface area contributed by atoms with Gasteiger partial charge in [-0.05, 0) is 30.0 Å². The third kappa shape index (κ3) is 3.87. The van der Waals surface area contributed by atoms with Gasteiger partial charge in [0.25, 0.3) is 0 Å². The zero-order chi connectivity index (χ0) is 14.5. The topological polar surface area (TPSA) is 12.0 Å². The molecule has 0 heterocycles. The molecule has 0 fully saturated rings. The fourth-order valence-electron chi connectivity index (χ4n) is 2.04. The second kappa shape index (κ2) is 6.96. The maximum atomic E-state index is 13.3. The van der Waals surface area contributed by atoms with Gasteiger partial charge in [0.05, 0.1) is 10.0 Å². The molecule has 0 aliphatic heterocycles. The van der Waals surface area contributed by atoms with Crippen molar-refractivity contribution in [3.8, 4) is 0 Å². The predicted molar refractivity (Wildman–Crippen MR) is 84.4 cm³/mol. The predicted octanol–water partition coefficient (Wildman–Crippen LogP) is 5.74. The summed E-state index contributed by atoms with van der Waals surface area (Å²) in [5.74, 6) is -0.119. The normalized spacial score (nSPS) is 12.2. The van der Waals surface area contributed by atoms with Crippen molar-refractivity contribution in [3.05, 3.63) is 63.9 Å². The SMILES string of the molecule is CC(CCNc1cc(Cl)c(F)c(Cl)c1)c1ccccc1. The molecular weight excluding hydrogens is 296 g/mol. The Bertz CT molecular complexity index is 549. The molecule has 0 aromatic heterocycles. The monoisotopic (exact) mass is 311 g/mol. The van der Waals surface area contributed by atoms with Crippen molar-refractivity contribution in [2.45, 2.75) is 19.3 Å². The van der Waals surface area contributed by atoms with Crippen LogP contribution in [-0.4, -0.2) is 6.54 Å². The molecular formula is C16H16Cl2FN. The molecule has 1 N–H and O–H groups in total. The van der Waals surface area contributed by atoms with Gasteiger partial charge >= 0.3 is 0 Å². The molecule has 4 heteroatoms. The van der Waals surface area contributed by atoms with Gasteiger partial charge in [-0.15, -0.1) is 0 Å². The quantitative estimate of drug-likeness (QED) is 0.694. The van der Waals surface area contributed by atoms with Crippen LogP contribution >= 0.6 is 23.2 Å². The van der Waals surface area contributed by atoms with Gasteiger partial charge in [-0.1, -0.05) is 60.5 Å². The molecule has 106 valence electrons. The molecule has 0 spiro atoms. The smallest absolute Gasteiger partial charge is 0.160 e. The molecule has 0 aliphatic rings. The van der Waals surface area contributed by atoms with Crippen LogP contribution in [0.5, 0.6) is 0 Å². The van der Waals surface area contributed by atoms with Gasteiger partial charge in [-0.3, -0.25) is 0 Å². The molecule has 0 saturated heterocycles. The number of hydrogen-bond acceptors (Lipinski definition) is 1. The minimum absolute atomic E-state index is 0.0381. The third-order valence-electron chi connectivity index (χ3n) is 3.26. The van der Waals surface area contributed by atoms with Crippen molar-refractivity contribution in [3.63, 3.8) is 0 Å². The number of benzene rings is 2. The Labute approximate surface area is 128 Å². The van der Waals surface area contributed by atoms with Gasteiger partial charge in [0.15, 0.2) is 5.82 Å². The van der Waals surface area contributed by atoms with E-state index in [1.165, 1.54) is 5.56 Å². The lowest BCUT2D eigenvalue weighted by atomic mass is 9.98. The van der Waals surface area contributed by atoms with Crippen molar-refractivity contribution in [2.75, 3.05) is 11.9 Å². The molecule has 2 aromatic rings. The van der Waals surface area contributed by atoms with Crippen LogP contribution < -0.4 is 5.32 Å². The van der Waals surface area contributed by atoms with Gasteiger partial charge in [0.2, 0.25) is 0 Å². The molecule has 1 unspecified atom stereocenters. The Kier molecular flexibility index (Phi) is 5.27. The van der Waals surface area contributed by atoms with E-state index in [0.717, 1.165) is 18.7 Å². The average Bonchev–Trinajstić information content (AvgIpc) is 2.45. The summed E-state index contributed by atoms with van der Waals surface area (Å²) in [4.78, 5) is 0. The van der Waals surface area contributed by atoms with Crippen LogP contribution in [0.15, 0.2) is 42.5 Å². The van der Waals surface area contributed by atoms with Gasteiger partial charge in [0, 0.05) is 12.2 Å². The Morgan fingerprint density at radius 3 is 2.30 bits per heavy atom. The van der Waals surface area contributed by atoms with E-state index in [2.05, 4.69) is 24.4 Å². The first kappa shape index (κ1) is 15.1. The molecule has 0 radical (unpaired) electrons. The maximum Gasteiger partial charge on any atom is 0.160 e. The van der Waals surface area contributed by atoms with E-state index in [0.29, 0.717) is 5.92 Å². The highest BCUT2D eigenvalue weighted by Gasteiger charge is 2.08. The number of rotatable bonds is 5. The Balaban J connectivity index is 1.90. The molecule has 20 heavy (non-hydrogen) atoms. The first-order chi connectivity index (χ1) is 9.58. The average molecular weight is 312 g/mol. The summed E-state index contributed by atoms with van der Waals surface area (Å²) in [5.41, 5.74) is 2.05. The lowest BCUT2D eigenvalue weighted by molar-refractivity contribution is 0.628. The summed E-state index contributed by atoms with van der Waals surface area (Å²) in [6, 6.07) is 13.4. The van der Waals surface area contributed by atoms with Crippen molar-refractivity contribution in [1.82, 2.24) is 0 Å². The molecule has 2 aromatic carbocycles. The Hall–Kier alpha value is -1.25. The van der Waals surface area contributed by atoms with Crippen LogP contribution in [0.1, 0.15) is 24.8 Å². The van der Waals surface area contributed by atoms with Crippen molar-refractivity contribution in [1.29, 1.82) is 0 Å². The van der Waals surface area contributed by atoms with E-state index < -0.39 is 5.82 Å². The van der Waals surface area contributed by atoms with Crippen LogP contribution in [0.2, 0.25) is 10.0 Å². The standard InChI is InChI=1S/C16H16Cl2FN/c1-11(12-5-3-2-4-6-12)7-8-20-13-9-14(17)16(19)15(18)10-13/h2-6,9-11,20H,7-8H2,1H3. The van der Waals surface area contributed by atoms with E-state index >= 15 is 0 Å². The largest absolute Gasteiger partial charge is 0.385 e. The highest BCUT2D eigenvalue weighted by atomic mass is 35.5. The molecule has 2 rings (SSSR count). The van der Waals surface area contributed by atoms with E-state index in [9.17, 15) is 4.39 Å². The first-order valence-corrected chi connectivity index (χ1v) is 7.27. The Morgan fingerprint density at radius 2 is 1.70 bits per heavy atom. The fourth-order valence-corrected chi connectivity index (χ4v) is 2.53. The summed E-state index contributed by atoms with van der Waals surface area (Å²) >= 11 is 11.5. The lowest BCUT2D eigenvalue weighted by Crippen LogP contribution is -2.06. The minimum Gasteiger partial charge on any atom is -0.385 e. The summed E-state index contributed by atoms with van der Waals surface area (Å²) < 4.78 is 13.3. The number of anilines is 1. The van der Waals surface area contributed by atoms with Gasteiger partial charge in [-0.2, -0.15) is 0 Å². The van der Waals surface area contributed by atoms with E-state index in [-0.39, 0.29) is 10.0 Å². The number of halogens is 3. The first-order valence-electron chi connectivity index (χ1n) is 6.51. The second-order valence-electron chi connectivity index (χ2n) is 4.78. The second-order valence-corrected chi connectivity index (χ2v) is 5.60. The summed E-state index contributed by atoms with van der Waals surface area (Å²) in [6.07, 6.45) is 0.969. The molecule has 0 amide bonds. The minimum atomic E-state index is -0.573. The zero-order valence-electron chi connectivity index (χ0n) is 11.2. The van der Waals surface area contributed by atoms with Gasteiger partial charge in [0.1, 0.15) is 0 Å². The fraction of sp³-hybridized carbons (Fsp3) is 0.250. The summed E-state index contributed by atoms with van der Waals surface area (Å²) in [6.45, 7) is 2.95. The van der Waals surface area contributed by atoms with E-state index in [4.69, 9.17) is 23.2 Å². The molecule has 1 nitrogen and oxygen atoms in total. The molecule has 1 atom stereocenters.